The molecule has 1 aromatic carbocycles. The average Bonchev–Trinajstić information content (AvgIpc) is 2.47. The Morgan fingerprint density at radius 2 is 1.95 bits per heavy atom. The smallest absolute Gasteiger partial charge is 0.251 e. The second-order valence-corrected chi connectivity index (χ2v) is 5.34. The number of amides is 1. The van der Waals surface area contributed by atoms with Crippen LogP contribution < -0.4 is 10.2 Å². The summed E-state index contributed by atoms with van der Waals surface area (Å²) in [5, 5.41) is 2.74. The van der Waals surface area contributed by atoms with E-state index in [-0.39, 0.29) is 18.3 Å². The van der Waals surface area contributed by atoms with Crippen molar-refractivity contribution in [3.05, 3.63) is 52.6 Å². The number of anilines is 1. The Morgan fingerprint density at radius 1 is 1.23 bits per heavy atom. The molecule has 1 N–H and O–H groups in total. The maximum Gasteiger partial charge on any atom is 0.251 e. The molecule has 0 fully saturated rings. The number of carbonyl (C=O) groups excluding carboxylic acids is 1. The van der Waals surface area contributed by atoms with Gasteiger partial charge in [-0.3, -0.25) is 4.79 Å². The van der Waals surface area contributed by atoms with Gasteiger partial charge in [-0.05, 0) is 37.6 Å². The lowest BCUT2D eigenvalue weighted by Gasteiger charge is -2.12. The van der Waals surface area contributed by atoms with Crippen LogP contribution in [0.3, 0.4) is 0 Å². The fraction of sp³-hybridized carbons (Fsp3) is 0.312. The molecule has 1 amide bonds. The van der Waals surface area contributed by atoms with Gasteiger partial charge in [0, 0.05) is 25.4 Å². The van der Waals surface area contributed by atoms with Crippen LogP contribution in [0.2, 0.25) is 0 Å². The van der Waals surface area contributed by atoms with Crippen LogP contribution in [0.5, 0.6) is 0 Å². The van der Waals surface area contributed by atoms with Crippen molar-refractivity contribution < 1.29 is 9.18 Å². The van der Waals surface area contributed by atoms with Crippen LogP contribution in [0.1, 0.15) is 27.3 Å². The SMILES string of the molecule is Cc1cc(CNC(=O)c2ccc(C)c(F)c2)nc(N(C)C)n1. The normalized spacial score (nSPS) is 10.4. The topological polar surface area (TPSA) is 58.1 Å². The first-order valence-corrected chi connectivity index (χ1v) is 6.93. The molecule has 0 saturated heterocycles. The van der Waals surface area contributed by atoms with Crippen molar-refractivity contribution in [1.29, 1.82) is 0 Å². The molecule has 2 aromatic rings. The number of aromatic nitrogens is 2. The van der Waals surface area contributed by atoms with Crippen LogP contribution in [0.25, 0.3) is 0 Å². The molecule has 1 aromatic heterocycles. The lowest BCUT2D eigenvalue weighted by molar-refractivity contribution is 0.0950. The van der Waals surface area contributed by atoms with Gasteiger partial charge in [-0.1, -0.05) is 6.07 Å². The third kappa shape index (κ3) is 3.78. The third-order valence-corrected chi connectivity index (χ3v) is 3.16. The first-order valence-electron chi connectivity index (χ1n) is 6.93. The van der Waals surface area contributed by atoms with Crippen LogP contribution >= 0.6 is 0 Å². The molecule has 5 nitrogen and oxygen atoms in total. The molecule has 0 bridgehead atoms. The lowest BCUT2D eigenvalue weighted by Crippen LogP contribution is -2.24. The number of rotatable bonds is 4. The highest BCUT2D eigenvalue weighted by atomic mass is 19.1. The van der Waals surface area contributed by atoms with Gasteiger partial charge in [0.25, 0.3) is 5.91 Å². The Balaban J connectivity index is 2.09. The molecule has 1 heterocycles. The largest absolute Gasteiger partial charge is 0.347 e. The van der Waals surface area contributed by atoms with Crippen molar-refractivity contribution in [2.45, 2.75) is 20.4 Å². The number of halogens is 1. The van der Waals surface area contributed by atoms with Gasteiger partial charge in [0.15, 0.2) is 0 Å². The highest BCUT2D eigenvalue weighted by molar-refractivity contribution is 5.94. The molecular formula is C16H19FN4O. The van der Waals surface area contributed by atoms with Crippen LogP contribution in [-0.2, 0) is 6.54 Å². The number of hydrogen-bond donors (Lipinski definition) is 1. The summed E-state index contributed by atoms with van der Waals surface area (Å²) in [6.45, 7) is 3.79. The van der Waals surface area contributed by atoms with Gasteiger partial charge in [0.1, 0.15) is 5.82 Å². The third-order valence-electron chi connectivity index (χ3n) is 3.16. The number of nitrogens with one attached hydrogen (secondary N) is 1. The summed E-state index contributed by atoms with van der Waals surface area (Å²) in [7, 11) is 3.71. The Hall–Kier alpha value is -2.50. The predicted octanol–water partition coefficient (Wildman–Crippen LogP) is 2.23. The second kappa shape index (κ2) is 6.51. The zero-order valence-electron chi connectivity index (χ0n) is 13.1. The Bertz CT molecular complexity index is 701. The van der Waals surface area contributed by atoms with E-state index in [9.17, 15) is 9.18 Å². The summed E-state index contributed by atoms with van der Waals surface area (Å²) in [6, 6.07) is 6.23. The molecule has 0 aliphatic carbocycles. The minimum atomic E-state index is -0.388. The van der Waals surface area contributed by atoms with E-state index in [4.69, 9.17) is 0 Å². The Kier molecular flexibility index (Phi) is 4.70. The quantitative estimate of drug-likeness (QED) is 0.941. The van der Waals surface area contributed by atoms with E-state index in [1.54, 1.807) is 24.0 Å². The molecule has 2 rings (SSSR count). The highest BCUT2D eigenvalue weighted by Gasteiger charge is 2.09. The minimum Gasteiger partial charge on any atom is -0.347 e. The monoisotopic (exact) mass is 302 g/mol. The molecule has 0 unspecified atom stereocenters. The van der Waals surface area contributed by atoms with E-state index in [0.717, 1.165) is 5.69 Å². The van der Waals surface area contributed by atoms with E-state index < -0.39 is 0 Å². The molecule has 0 aliphatic heterocycles. The summed E-state index contributed by atoms with van der Waals surface area (Å²) in [6.07, 6.45) is 0. The first kappa shape index (κ1) is 15.9. The molecule has 0 saturated carbocycles. The van der Waals surface area contributed by atoms with Gasteiger partial charge in [-0.25, -0.2) is 14.4 Å². The standard InChI is InChI=1S/C16H19FN4O/c1-10-5-6-12(8-14(10)17)15(22)18-9-13-7-11(2)19-16(20-13)21(3)4/h5-8H,9H2,1-4H3,(H,18,22). The number of aryl methyl sites for hydroxylation is 2. The summed E-state index contributed by atoms with van der Waals surface area (Å²) >= 11 is 0. The van der Waals surface area contributed by atoms with E-state index in [1.807, 2.05) is 27.1 Å². The number of nitrogens with zero attached hydrogens (tertiary/aromatic N) is 3. The van der Waals surface area contributed by atoms with E-state index in [2.05, 4.69) is 15.3 Å². The van der Waals surface area contributed by atoms with Crippen molar-refractivity contribution in [2.24, 2.45) is 0 Å². The fourth-order valence-corrected chi connectivity index (χ4v) is 1.91. The predicted molar refractivity (Wildman–Crippen MR) is 83.4 cm³/mol. The first-order chi connectivity index (χ1) is 10.4. The molecule has 0 spiro atoms. The van der Waals surface area contributed by atoms with Crippen molar-refractivity contribution in [2.75, 3.05) is 19.0 Å². The molecule has 6 heteroatoms. The summed E-state index contributed by atoms with van der Waals surface area (Å²) < 4.78 is 13.5. The maximum absolute atomic E-state index is 13.5. The van der Waals surface area contributed by atoms with Gasteiger partial charge >= 0.3 is 0 Å². The average molecular weight is 302 g/mol. The number of carbonyl (C=O) groups is 1. The van der Waals surface area contributed by atoms with Crippen LogP contribution in [0.4, 0.5) is 10.3 Å². The molecule has 22 heavy (non-hydrogen) atoms. The van der Waals surface area contributed by atoms with Gasteiger partial charge < -0.3 is 10.2 Å². The van der Waals surface area contributed by atoms with Crippen molar-refractivity contribution in [3.8, 4) is 0 Å². The fourth-order valence-electron chi connectivity index (χ4n) is 1.91. The van der Waals surface area contributed by atoms with Crippen LogP contribution in [0, 0.1) is 19.7 Å². The molecule has 116 valence electrons. The molecule has 0 aliphatic rings. The Labute approximate surface area is 129 Å². The molecular weight excluding hydrogens is 283 g/mol. The van der Waals surface area contributed by atoms with E-state index >= 15 is 0 Å². The van der Waals surface area contributed by atoms with E-state index in [1.165, 1.54) is 6.07 Å². The zero-order chi connectivity index (χ0) is 16.3. The van der Waals surface area contributed by atoms with Crippen LogP contribution in [0.15, 0.2) is 24.3 Å². The Morgan fingerprint density at radius 3 is 2.59 bits per heavy atom. The minimum absolute atomic E-state index is 0.262. The molecule has 0 atom stereocenters. The summed E-state index contributed by atoms with van der Waals surface area (Å²) in [4.78, 5) is 22.5. The van der Waals surface area contributed by atoms with Gasteiger partial charge in [-0.2, -0.15) is 0 Å². The highest BCUT2D eigenvalue weighted by Crippen LogP contribution is 2.10. The second-order valence-electron chi connectivity index (χ2n) is 5.34. The van der Waals surface area contributed by atoms with E-state index in [0.29, 0.717) is 22.8 Å². The van der Waals surface area contributed by atoms with Crippen molar-refractivity contribution in [1.82, 2.24) is 15.3 Å². The van der Waals surface area contributed by atoms with Gasteiger partial charge in [0.2, 0.25) is 5.95 Å². The van der Waals surface area contributed by atoms with Crippen molar-refractivity contribution >= 4 is 11.9 Å². The summed E-state index contributed by atoms with van der Waals surface area (Å²) in [5.74, 6) is -0.132. The maximum atomic E-state index is 13.5. The summed E-state index contributed by atoms with van der Waals surface area (Å²) in [5.41, 5.74) is 2.33. The van der Waals surface area contributed by atoms with Gasteiger partial charge in [-0.15, -0.1) is 0 Å². The van der Waals surface area contributed by atoms with Crippen LogP contribution in [-0.4, -0.2) is 30.0 Å². The molecule has 0 radical (unpaired) electrons. The van der Waals surface area contributed by atoms with Crippen molar-refractivity contribution in [3.63, 3.8) is 0 Å². The zero-order valence-corrected chi connectivity index (χ0v) is 13.1. The number of benzene rings is 1. The lowest BCUT2D eigenvalue weighted by atomic mass is 10.1. The van der Waals surface area contributed by atoms with Gasteiger partial charge in [0.05, 0.1) is 12.2 Å². The number of hydrogen-bond acceptors (Lipinski definition) is 4.